The molecule has 1 N–H and O–H groups in total. The molecular formula is C12H22N2O2. The summed E-state index contributed by atoms with van der Waals surface area (Å²) in [5.41, 5.74) is 0. The van der Waals surface area contributed by atoms with E-state index in [0.717, 1.165) is 26.1 Å². The third-order valence-electron chi connectivity index (χ3n) is 3.36. The molecule has 0 aliphatic carbocycles. The van der Waals surface area contributed by atoms with Crippen molar-refractivity contribution in [3.63, 3.8) is 0 Å². The van der Waals surface area contributed by atoms with Gasteiger partial charge in [-0.15, -0.1) is 0 Å². The first-order chi connectivity index (χ1) is 7.56. The minimum absolute atomic E-state index is 0.0636. The van der Waals surface area contributed by atoms with Gasteiger partial charge in [-0.05, 0) is 19.4 Å². The van der Waals surface area contributed by atoms with Crippen LogP contribution >= 0.6 is 0 Å². The Morgan fingerprint density at radius 3 is 2.94 bits per heavy atom. The standard InChI is InChI=1S/C12H22N2O2/c1-8(2)5-13-12(15)10-4-9-6-14(3)7-11(10)16-9/h8-11H,4-7H2,1-3H3,(H,13,15)/t9-,10+,11-/m0/s1. The van der Waals surface area contributed by atoms with Gasteiger partial charge in [0.05, 0.1) is 18.1 Å². The molecule has 2 saturated heterocycles. The minimum Gasteiger partial charge on any atom is -0.371 e. The Hall–Kier alpha value is -0.610. The minimum atomic E-state index is 0.0636. The molecule has 2 fully saturated rings. The first kappa shape index (κ1) is 11.9. The summed E-state index contributed by atoms with van der Waals surface area (Å²) in [4.78, 5) is 14.2. The van der Waals surface area contributed by atoms with E-state index in [0.29, 0.717) is 5.92 Å². The summed E-state index contributed by atoms with van der Waals surface area (Å²) in [5.74, 6) is 0.749. The normalized spacial score (nSPS) is 34.4. The highest BCUT2D eigenvalue weighted by atomic mass is 16.5. The van der Waals surface area contributed by atoms with Crippen molar-refractivity contribution in [3.8, 4) is 0 Å². The second-order valence-corrected chi connectivity index (χ2v) is 5.50. The lowest BCUT2D eigenvalue weighted by molar-refractivity contribution is -0.127. The van der Waals surface area contributed by atoms with E-state index in [-0.39, 0.29) is 24.0 Å². The summed E-state index contributed by atoms with van der Waals surface area (Å²) >= 11 is 0. The summed E-state index contributed by atoms with van der Waals surface area (Å²) in [5, 5.41) is 3.01. The third kappa shape index (κ3) is 2.55. The third-order valence-corrected chi connectivity index (χ3v) is 3.36. The summed E-state index contributed by atoms with van der Waals surface area (Å²) in [6, 6.07) is 0. The number of amides is 1. The van der Waals surface area contributed by atoms with E-state index in [1.807, 2.05) is 0 Å². The number of rotatable bonds is 3. The fourth-order valence-electron chi connectivity index (χ4n) is 2.56. The number of carbonyl (C=O) groups excluding carboxylic acids is 1. The van der Waals surface area contributed by atoms with Gasteiger partial charge in [-0.2, -0.15) is 0 Å². The second-order valence-electron chi connectivity index (χ2n) is 5.50. The van der Waals surface area contributed by atoms with Crippen LogP contribution in [0.2, 0.25) is 0 Å². The van der Waals surface area contributed by atoms with E-state index in [1.165, 1.54) is 0 Å². The summed E-state index contributed by atoms with van der Waals surface area (Å²) < 4.78 is 5.81. The number of carbonyl (C=O) groups is 1. The van der Waals surface area contributed by atoms with Gasteiger partial charge < -0.3 is 15.0 Å². The predicted octanol–water partition coefficient (Wildman–Crippen LogP) is 0.478. The summed E-state index contributed by atoms with van der Waals surface area (Å²) in [6.07, 6.45) is 1.26. The zero-order valence-corrected chi connectivity index (χ0v) is 10.4. The van der Waals surface area contributed by atoms with Crippen molar-refractivity contribution >= 4 is 5.91 Å². The van der Waals surface area contributed by atoms with E-state index < -0.39 is 0 Å². The highest BCUT2D eigenvalue weighted by Gasteiger charge is 2.43. The van der Waals surface area contributed by atoms with Crippen molar-refractivity contribution in [2.24, 2.45) is 11.8 Å². The highest BCUT2D eigenvalue weighted by molar-refractivity contribution is 5.79. The highest BCUT2D eigenvalue weighted by Crippen LogP contribution is 2.31. The number of likely N-dealkylation sites (N-methyl/N-ethyl adjacent to an activating group) is 1. The molecule has 16 heavy (non-hydrogen) atoms. The second kappa shape index (κ2) is 4.72. The number of hydrogen-bond donors (Lipinski definition) is 1. The molecule has 0 saturated carbocycles. The van der Waals surface area contributed by atoms with E-state index in [4.69, 9.17) is 4.74 Å². The fraction of sp³-hybridized carbons (Fsp3) is 0.917. The molecule has 4 heteroatoms. The number of nitrogens with zero attached hydrogens (tertiary/aromatic N) is 1. The molecule has 2 bridgehead atoms. The Labute approximate surface area is 97.3 Å². The van der Waals surface area contributed by atoms with Crippen LogP contribution in [0.15, 0.2) is 0 Å². The molecule has 0 unspecified atom stereocenters. The molecule has 2 heterocycles. The van der Waals surface area contributed by atoms with Gasteiger partial charge in [-0.3, -0.25) is 4.79 Å². The Balaban J connectivity index is 1.88. The zero-order chi connectivity index (χ0) is 11.7. The molecule has 0 aromatic heterocycles. The lowest BCUT2D eigenvalue weighted by atomic mass is 9.99. The Kier molecular flexibility index (Phi) is 3.50. The van der Waals surface area contributed by atoms with Crippen molar-refractivity contribution < 1.29 is 9.53 Å². The lowest BCUT2D eigenvalue weighted by Gasteiger charge is -2.29. The Morgan fingerprint density at radius 1 is 1.50 bits per heavy atom. The van der Waals surface area contributed by atoms with Crippen molar-refractivity contribution in [1.29, 1.82) is 0 Å². The molecule has 2 aliphatic rings. The maximum atomic E-state index is 12.0. The van der Waals surface area contributed by atoms with Crippen molar-refractivity contribution in [2.45, 2.75) is 32.5 Å². The fourth-order valence-corrected chi connectivity index (χ4v) is 2.56. The van der Waals surface area contributed by atoms with Crippen molar-refractivity contribution in [3.05, 3.63) is 0 Å². The van der Waals surface area contributed by atoms with E-state index in [9.17, 15) is 4.79 Å². The molecule has 92 valence electrons. The van der Waals surface area contributed by atoms with Crippen LogP contribution in [-0.4, -0.2) is 49.7 Å². The molecule has 0 aromatic rings. The Bertz CT molecular complexity index is 268. The number of ether oxygens (including phenoxy) is 1. The quantitative estimate of drug-likeness (QED) is 0.761. The van der Waals surface area contributed by atoms with E-state index in [1.54, 1.807) is 0 Å². The lowest BCUT2D eigenvalue weighted by Crippen LogP contribution is -2.44. The maximum Gasteiger partial charge on any atom is 0.225 e. The number of morpholine rings is 1. The number of likely N-dealkylation sites (tertiary alicyclic amines) is 1. The average molecular weight is 226 g/mol. The molecule has 0 spiro atoms. The first-order valence-electron chi connectivity index (χ1n) is 6.18. The van der Waals surface area contributed by atoms with Crippen LogP contribution < -0.4 is 5.32 Å². The van der Waals surface area contributed by atoms with Crippen molar-refractivity contribution in [2.75, 3.05) is 26.7 Å². The largest absolute Gasteiger partial charge is 0.371 e. The summed E-state index contributed by atoms with van der Waals surface area (Å²) in [6.45, 7) is 6.83. The topological polar surface area (TPSA) is 41.6 Å². The molecule has 4 nitrogen and oxygen atoms in total. The van der Waals surface area contributed by atoms with Crippen molar-refractivity contribution in [1.82, 2.24) is 10.2 Å². The smallest absolute Gasteiger partial charge is 0.225 e. The molecular weight excluding hydrogens is 204 g/mol. The van der Waals surface area contributed by atoms with Crippen LogP contribution in [0.1, 0.15) is 20.3 Å². The van der Waals surface area contributed by atoms with Crippen LogP contribution in [0, 0.1) is 11.8 Å². The van der Waals surface area contributed by atoms with Crippen LogP contribution in [-0.2, 0) is 9.53 Å². The van der Waals surface area contributed by atoms with Gasteiger partial charge in [0, 0.05) is 19.6 Å². The van der Waals surface area contributed by atoms with Crippen LogP contribution in [0.5, 0.6) is 0 Å². The van der Waals surface area contributed by atoms with Gasteiger partial charge in [0.1, 0.15) is 0 Å². The molecule has 2 aliphatic heterocycles. The van der Waals surface area contributed by atoms with Gasteiger partial charge in [0.15, 0.2) is 0 Å². The monoisotopic (exact) mass is 226 g/mol. The van der Waals surface area contributed by atoms with Gasteiger partial charge >= 0.3 is 0 Å². The first-order valence-corrected chi connectivity index (χ1v) is 6.18. The Morgan fingerprint density at radius 2 is 2.25 bits per heavy atom. The predicted molar refractivity (Wildman–Crippen MR) is 62.1 cm³/mol. The average Bonchev–Trinajstić information content (AvgIpc) is 2.50. The van der Waals surface area contributed by atoms with Gasteiger partial charge in [-0.1, -0.05) is 13.8 Å². The molecule has 2 rings (SSSR count). The SMILES string of the molecule is CC(C)CNC(=O)[C@@H]1C[C@H]2CN(C)C[C@@H]1O2. The molecule has 0 radical (unpaired) electrons. The van der Waals surface area contributed by atoms with E-state index in [2.05, 4.69) is 31.1 Å². The summed E-state index contributed by atoms with van der Waals surface area (Å²) in [7, 11) is 2.09. The zero-order valence-electron chi connectivity index (χ0n) is 10.4. The molecule has 0 aromatic carbocycles. The molecule has 1 amide bonds. The molecule has 3 atom stereocenters. The number of fused-ring (bicyclic) bond motifs is 2. The van der Waals surface area contributed by atoms with Gasteiger partial charge in [-0.25, -0.2) is 0 Å². The van der Waals surface area contributed by atoms with E-state index >= 15 is 0 Å². The van der Waals surface area contributed by atoms with Crippen LogP contribution in [0.3, 0.4) is 0 Å². The van der Waals surface area contributed by atoms with Crippen LogP contribution in [0.25, 0.3) is 0 Å². The van der Waals surface area contributed by atoms with Crippen LogP contribution in [0.4, 0.5) is 0 Å². The van der Waals surface area contributed by atoms with Gasteiger partial charge in [0.25, 0.3) is 0 Å². The number of hydrogen-bond acceptors (Lipinski definition) is 3. The number of nitrogens with one attached hydrogen (secondary N) is 1. The van der Waals surface area contributed by atoms with Gasteiger partial charge in [0.2, 0.25) is 5.91 Å². The maximum absolute atomic E-state index is 12.0.